The number of nitro groups is 1. The van der Waals surface area contributed by atoms with Gasteiger partial charge < -0.3 is 5.11 Å². The van der Waals surface area contributed by atoms with Crippen molar-refractivity contribution < 1.29 is 10.0 Å². The molecule has 1 N–H and O–H groups in total. The molecule has 0 aromatic heterocycles. The molecule has 0 unspecified atom stereocenters. The van der Waals surface area contributed by atoms with E-state index in [4.69, 9.17) is 0 Å². The molecule has 0 saturated carbocycles. The van der Waals surface area contributed by atoms with E-state index in [2.05, 4.69) is 0 Å². The van der Waals surface area contributed by atoms with Gasteiger partial charge in [-0.25, -0.2) is 0 Å². The van der Waals surface area contributed by atoms with Crippen molar-refractivity contribution in [1.29, 1.82) is 0 Å². The monoisotopic (exact) mass is 261 g/mol. The summed E-state index contributed by atoms with van der Waals surface area (Å²) in [6.07, 6.45) is 0. The summed E-state index contributed by atoms with van der Waals surface area (Å²) in [5, 5.41) is 20.2. The van der Waals surface area contributed by atoms with Crippen LogP contribution in [0.2, 0.25) is 0 Å². The Labute approximate surface area is 108 Å². The lowest BCUT2D eigenvalue weighted by Gasteiger charge is -2.05. The van der Waals surface area contributed by atoms with Crippen LogP contribution >= 0.6 is 11.8 Å². The number of phenols is 1. The highest BCUT2D eigenvalue weighted by molar-refractivity contribution is 7.99. The van der Waals surface area contributed by atoms with Crippen LogP contribution in [0.25, 0.3) is 0 Å². The van der Waals surface area contributed by atoms with Crippen molar-refractivity contribution in [1.82, 2.24) is 0 Å². The van der Waals surface area contributed by atoms with Gasteiger partial charge >= 0.3 is 0 Å². The van der Waals surface area contributed by atoms with Crippen molar-refractivity contribution in [2.45, 2.75) is 16.7 Å². The molecule has 18 heavy (non-hydrogen) atoms. The molecule has 0 heterocycles. The Hall–Kier alpha value is -2.01. The lowest BCUT2D eigenvalue weighted by molar-refractivity contribution is -0.388. The van der Waals surface area contributed by atoms with Crippen LogP contribution in [0, 0.1) is 17.0 Å². The Balaban J connectivity index is 2.37. The first-order valence-corrected chi connectivity index (χ1v) is 6.10. The summed E-state index contributed by atoms with van der Waals surface area (Å²) in [5.41, 5.74) is 0.777. The van der Waals surface area contributed by atoms with Crippen LogP contribution in [0.1, 0.15) is 5.56 Å². The minimum atomic E-state index is -0.363. The number of aryl methyl sites for hydroxylation is 1. The normalized spacial score (nSPS) is 10.3. The lowest BCUT2D eigenvalue weighted by atomic mass is 10.2. The Morgan fingerprint density at radius 1 is 1.17 bits per heavy atom. The number of phenolic OH excluding ortho intramolecular Hbond substituents is 1. The molecule has 5 heteroatoms. The Bertz CT molecular complexity index is 581. The van der Waals surface area contributed by atoms with Crippen LogP contribution in [0.3, 0.4) is 0 Å². The van der Waals surface area contributed by atoms with Gasteiger partial charge in [0.05, 0.1) is 9.82 Å². The third-order valence-electron chi connectivity index (χ3n) is 2.45. The van der Waals surface area contributed by atoms with Gasteiger partial charge in [-0.3, -0.25) is 10.1 Å². The van der Waals surface area contributed by atoms with Crippen LogP contribution in [-0.2, 0) is 0 Å². The second-order valence-electron chi connectivity index (χ2n) is 3.77. The van der Waals surface area contributed by atoms with Gasteiger partial charge in [0.2, 0.25) is 0 Å². The minimum Gasteiger partial charge on any atom is -0.508 e. The van der Waals surface area contributed by atoms with Gasteiger partial charge in [-0.15, -0.1) is 0 Å². The summed E-state index contributed by atoms with van der Waals surface area (Å²) >= 11 is 1.31. The van der Waals surface area contributed by atoms with Crippen LogP contribution in [-0.4, -0.2) is 10.0 Å². The number of benzene rings is 2. The fraction of sp³-hybridized carbons (Fsp3) is 0.0769. The average molecular weight is 261 g/mol. The first-order chi connectivity index (χ1) is 8.58. The van der Waals surface area contributed by atoms with Gasteiger partial charge in [0.15, 0.2) is 0 Å². The van der Waals surface area contributed by atoms with Crippen LogP contribution in [0.15, 0.2) is 52.3 Å². The quantitative estimate of drug-likeness (QED) is 0.675. The fourth-order valence-electron chi connectivity index (χ4n) is 1.59. The number of rotatable bonds is 3. The maximum atomic E-state index is 11.0. The second-order valence-corrected chi connectivity index (χ2v) is 4.89. The average Bonchev–Trinajstić information content (AvgIpc) is 2.32. The first-order valence-electron chi connectivity index (χ1n) is 5.29. The summed E-state index contributed by atoms with van der Waals surface area (Å²) in [5.74, 6) is 0.179. The Morgan fingerprint density at radius 3 is 2.44 bits per heavy atom. The lowest BCUT2D eigenvalue weighted by Crippen LogP contribution is -1.93. The molecule has 0 aliphatic carbocycles. The van der Waals surface area contributed by atoms with Gasteiger partial charge in [-0.05, 0) is 37.3 Å². The van der Waals surface area contributed by atoms with E-state index in [1.807, 2.05) is 0 Å². The molecule has 0 fully saturated rings. The minimum absolute atomic E-state index is 0.135. The van der Waals surface area contributed by atoms with E-state index in [-0.39, 0.29) is 16.4 Å². The maximum Gasteiger partial charge on any atom is 0.286 e. The zero-order valence-corrected chi connectivity index (χ0v) is 10.5. The topological polar surface area (TPSA) is 63.4 Å². The summed E-state index contributed by atoms with van der Waals surface area (Å²) in [4.78, 5) is 12.1. The number of hydrogen-bond donors (Lipinski definition) is 1. The highest BCUT2D eigenvalue weighted by Gasteiger charge is 2.17. The highest BCUT2D eigenvalue weighted by Crippen LogP contribution is 2.36. The van der Waals surface area contributed by atoms with E-state index < -0.39 is 0 Å². The van der Waals surface area contributed by atoms with Crippen molar-refractivity contribution in [3.05, 3.63) is 58.1 Å². The van der Waals surface area contributed by atoms with Crippen molar-refractivity contribution in [2.24, 2.45) is 0 Å². The predicted octanol–water partition coefficient (Wildman–Crippen LogP) is 3.76. The molecular formula is C13H11NO3S. The summed E-state index contributed by atoms with van der Waals surface area (Å²) < 4.78 is 0. The van der Waals surface area contributed by atoms with Gasteiger partial charge in [-0.2, -0.15) is 0 Å². The number of nitrogens with zero attached hydrogens (tertiary/aromatic N) is 1. The molecule has 2 aromatic carbocycles. The van der Waals surface area contributed by atoms with Gasteiger partial charge in [0, 0.05) is 10.5 Å². The van der Waals surface area contributed by atoms with E-state index in [1.54, 1.807) is 49.4 Å². The van der Waals surface area contributed by atoms with Gasteiger partial charge in [0.1, 0.15) is 5.75 Å². The molecule has 0 saturated heterocycles. The summed E-state index contributed by atoms with van der Waals surface area (Å²) in [6.45, 7) is 1.72. The molecule has 0 amide bonds. The van der Waals surface area contributed by atoms with Crippen molar-refractivity contribution in [3.63, 3.8) is 0 Å². The Morgan fingerprint density at radius 2 is 1.83 bits per heavy atom. The third kappa shape index (κ3) is 2.62. The first kappa shape index (κ1) is 12.4. The number of para-hydroxylation sites is 1. The van der Waals surface area contributed by atoms with E-state index in [0.29, 0.717) is 10.5 Å². The SMILES string of the molecule is Cc1cccc(Sc2ccc(O)cc2)c1[N+](=O)[O-]. The molecule has 2 aromatic rings. The van der Waals surface area contributed by atoms with Crippen molar-refractivity contribution >= 4 is 17.4 Å². The molecule has 0 spiro atoms. The molecule has 0 aliphatic rings. The van der Waals surface area contributed by atoms with Crippen LogP contribution in [0.5, 0.6) is 5.75 Å². The number of nitro benzene ring substituents is 1. The molecule has 0 bridgehead atoms. The van der Waals surface area contributed by atoms with E-state index >= 15 is 0 Å². The zero-order valence-electron chi connectivity index (χ0n) is 9.66. The van der Waals surface area contributed by atoms with Crippen LogP contribution in [0.4, 0.5) is 5.69 Å². The predicted molar refractivity (Wildman–Crippen MR) is 70.1 cm³/mol. The largest absolute Gasteiger partial charge is 0.508 e. The standard InChI is InChI=1S/C13H11NO3S/c1-9-3-2-4-12(13(9)14(16)17)18-11-7-5-10(15)6-8-11/h2-8,15H,1H3. The van der Waals surface area contributed by atoms with Gasteiger partial charge in [-0.1, -0.05) is 23.9 Å². The smallest absolute Gasteiger partial charge is 0.286 e. The van der Waals surface area contributed by atoms with E-state index in [1.165, 1.54) is 11.8 Å². The molecule has 4 nitrogen and oxygen atoms in total. The molecular weight excluding hydrogens is 250 g/mol. The summed E-state index contributed by atoms with van der Waals surface area (Å²) in [6, 6.07) is 11.8. The molecule has 0 atom stereocenters. The van der Waals surface area contributed by atoms with Gasteiger partial charge in [0.25, 0.3) is 5.69 Å². The molecule has 2 rings (SSSR count). The van der Waals surface area contributed by atoms with Crippen LogP contribution < -0.4 is 0 Å². The van der Waals surface area contributed by atoms with Crippen molar-refractivity contribution in [2.75, 3.05) is 0 Å². The highest BCUT2D eigenvalue weighted by atomic mass is 32.2. The molecule has 92 valence electrons. The summed E-state index contributed by atoms with van der Waals surface area (Å²) in [7, 11) is 0. The zero-order chi connectivity index (χ0) is 13.1. The maximum absolute atomic E-state index is 11.0. The Kier molecular flexibility index (Phi) is 3.53. The van der Waals surface area contributed by atoms with E-state index in [0.717, 1.165) is 4.90 Å². The van der Waals surface area contributed by atoms with E-state index in [9.17, 15) is 15.2 Å². The number of hydrogen-bond acceptors (Lipinski definition) is 4. The molecule has 0 radical (unpaired) electrons. The van der Waals surface area contributed by atoms with Crippen molar-refractivity contribution in [3.8, 4) is 5.75 Å². The molecule has 0 aliphatic heterocycles. The third-order valence-corrected chi connectivity index (χ3v) is 3.51. The fourth-order valence-corrected chi connectivity index (χ4v) is 2.59. The number of aromatic hydroxyl groups is 1. The second kappa shape index (κ2) is 5.10.